The highest BCUT2D eigenvalue weighted by Gasteiger charge is 2.32. The third-order valence-electron chi connectivity index (χ3n) is 3.58. The van der Waals surface area contributed by atoms with Crippen LogP contribution in [0.4, 0.5) is 5.69 Å². The second-order valence-corrected chi connectivity index (χ2v) is 6.09. The van der Waals surface area contributed by atoms with Gasteiger partial charge >= 0.3 is 0 Å². The zero-order valence-electron chi connectivity index (χ0n) is 12.3. The summed E-state index contributed by atoms with van der Waals surface area (Å²) in [6.07, 6.45) is -0.537. The van der Waals surface area contributed by atoms with Gasteiger partial charge in [-0.05, 0) is 30.5 Å². The number of anilines is 1. The molecule has 0 spiro atoms. The van der Waals surface area contributed by atoms with Gasteiger partial charge < -0.3 is 9.26 Å². The fourth-order valence-corrected chi connectivity index (χ4v) is 3.13. The van der Waals surface area contributed by atoms with E-state index in [1.54, 1.807) is 11.8 Å². The number of para-hydroxylation sites is 2. The van der Waals surface area contributed by atoms with E-state index in [0.717, 1.165) is 4.88 Å². The van der Waals surface area contributed by atoms with Gasteiger partial charge in [-0.1, -0.05) is 23.4 Å². The van der Waals surface area contributed by atoms with Crippen molar-refractivity contribution < 1.29 is 14.1 Å². The molecule has 7 heteroatoms. The summed E-state index contributed by atoms with van der Waals surface area (Å²) in [5, 5.41) is 5.93. The fourth-order valence-electron chi connectivity index (χ4n) is 2.48. The van der Waals surface area contributed by atoms with Crippen LogP contribution in [0.3, 0.4) is 0 Å². The molecule has 4 rings (SSSR count). The molecule has 1 amide bonds. The minimum Gasteiger partial charge on any atom is -0.479 e. The van der Waals surface area contributed by atoms with Crippen molar-refractivity contribution in [2.75, 3.05) is 4.90 Å². The van der Waals surface area contributed by atoms with Crippen molar-refractivity contribution in [1.29, 1.82) is 0 Å². The third-order valence-corrected chi connectivity index (χ3v) is 4.44. The average molecular weight is 327 g/mol. The summed E-state index contributed by atoms with van der Waals surface area (Å²) in [5.41, 5.74) is 0.714. The number of aromatic nitrogens is 2. The molecule has 0 saturated carbocycles. The molecule has 0 N–H and O–H groups in total. The third kappa shape index (κ3) is 2.49. The van der Waals surface area contributed by atoms with Crippen molar-refractivity contribution in [3.63, 3.8) is 0 Å². The highest BCUT2D eigenvalue weighted by Crippen LogP contribution is 2.34. The van der Waals surface area contributed by atoms with Gasteiger partial charge in [0.2, 0.25) is 11.7 Å². The van der Waals surface area contributed by atoms with E-state index in [2.05, 4.69) is 10.1 Å². The van der Waals surface area contributed by atoms with Crippen molar-refractivity contribution >= 4 is 22.9 Å². The Morgan fingerprint density at radius 3 is 2.96 bits per heavy atom. The second kappa shape index (κ2) is 5.51. The Morgan fingerprint density at radius 1 is 1.26 bits per heavy atom. The van der Waals surface area contributed by atoms with Crippen molar-refractivity contribution in [1.82, 2.24) is 10.1 Å². The summed E-state index contributed by atoms with van der Waals surface area (Å²) < 4.78 is 10.9. The Balaban J connectivity index is 1.64. The van der Waals surface area contributed by atoms with E-state index >= 15 is 0 Å². The van der Waals surface area contributed by atoms with Crippen LogP contribution < -0.4 is 9.64 Å². The van der Waals surface area contributed by atoms with Crippen molar-refractivity contribution in [3.05, 3.63) is 47.7 Å². The number of amides is 1. The smallest absolute Gasteiger partial charge is 0.268 e. The summed E-state index contributed by atoms with van der Waals surface area (Å²) in [5.74, 6) is 1.49. The van der Waals surface area contributed by atoms with Gasteiger partial charge in [-0.15, -0.1) is 11.3 Å². The first-order valence-corrected chi connectivity index (χ1v) is 8.04. The van der Waals surface area contributed by atoms with Crippen LogP contribution in [0.5, 0.6) is 5.75 Å². The fraction of sp³-hybridized carbons (Fsp3) is 0.188. The summed E-state index contributed by atoms with van der Waals surface area (Å²) in [4.78, 5) is 19.4. The van der Waals surface area contributed by atoms with E-state index in [9.17, 15) is 4.79 Å². The SMILES string of the molecule is C[C@H]1Oc2ccccc2N(Cc2nc(-c3cccs3)no2)C1=O. The molecule has 3 heterocycles. The first kappa shape index (κ1) is 14.0. The predicted octanol–water partition coefficient (Wildman–Crippen LogP) is 3.11. The number of ether oxygens (including phenoxy) is 1. The standard InChI is InChI=1S/C16H13N3O3S/c1-10-16(20)19(11-5-2-3-6-12(11)21-10)9-14-17-15(18-22-14)13-7-4-8-23-13/h2-8,10H,9H2,1H3/t10-/m1/s1. The van der Waals surface area contributed by atoms with Gasteiger partial charge in [0.25, 0.3) is 5.91 Å². The van der Waals surface area contributed by atoms with E-state index in [1.807, 2.05) is 41.8 Å². The molecule has 6 nitrogen and oxygen atoms in total. The van der Waals surface area contributed by atoms with E-state index in [-0.39, 0.29) is 12.5 Å². The normalized spacial score (nSPS) is 17.0. The zero-order valence-corrected chi connectivity index (χ0v) is 13.1. The molecule has 1 aromatic carbocycles. The molecule has 0 aliphatic carbocycles. The van der Waals surface area contributed by atoms with Crippen LogP contribution in [-0.2, 0) is 11.3 Å². The van der Waals surface area contributed by atoms with Crippen LogP contribution in [0.25, 0.3) is 10.7 Å². The number of nitrogens with zero attached hydrogens (tertiary/aromatic N) is 3. The van der Waals surface area contributed by atoms with Gasteiger partial charge in [0.15, 0.2) is 6.10 Å². The molecular formula is C16H13N3O3S. The van der Waals surface area contributed by atoms with Gasteiger partial charge in [-0.3, -0.25) is 9.69 Å². The Bertz CT molecular complexity index is 844. The maximum absolute atomic E-state index is 12.4. The average Bonchev–Trinajstić information content (AvgIpc) is 3.23. The molecule has 1 atom stereocenters. The van der Waals surface area contributed by atoms with E-state index in [0.29, 0.717) is 23.2 Å². The van der Waals surface area contributed by atoms with Crippen molar-refractivity contribution in [2.45, 2.75) is 19.6 Å². The van der Waals surface area contributed by atoms with Crippen LogP contribution >= 0.6 is 11.3 Å². The minimum absolute atomic E-state index is 0.125. The molecular weight excluding hydrogens is 314 g/mol. The molecule has 3 aromatic rings. The van der Waals surface area contributed by atoms with Crippen LogP contribution in [0.1, 0.15) is 12.8 Å². The summed E-state index contributed by atoms with van der Waals surface area (Å²) in [7, 11) is 0. The van der Waals surface area contributed by atoms with Crippen LogP contribution in [-0.4, -0.2) is 22.2 Å². The minimum atomic E-state index is -0.537. The topological polar surface area (TPSA) is 68.5 Å². The number of benzene rings is 1. The van der Waals surface area contributed by atoms with Gasteiger partial charge in [0, 0.05) is 0 Å². The molecule has 1 aliphatic rings. The lowest BCUT2D eigenvalue weighted by molar-refractivity contribution is -0.125. The lowest BCUT2D eigenvalue weighted by atomic mass is 10.2. The lowest BCUT2D eigenvalue weighted by Crippen LogP contribution is -2.44. The number of carbonyl (C=O) groups excluding carboxylic acids is 1. The van der Waals surface area contributed by atoms with Crippen LogP contribution in [0.15, 0.2) is 46.3 Å². The molecule has 2 aromatic heterocycles. The first-order valence-electron chi connectivity index (χ1n) is 7.16. The zero-order chi connectivity index (χ0) is 15.8. The highest BCUT2D eigenvalue weighted by atomic mass is 32.1. The highest BCUT2D eigenvalue weighted by molar-refractivity contribution is 7.13. The van der Waals surface area contributed by atoms with Crippen molar-refractivity contribution in [3.8, 4) is 16.5 Å². The van der Waals surface area contributed by atoms with E-state index in [4.69, 9.17) is 9.26 Å². The largest absolute Gasteiger partial charge is 0.479 e. The molecule has 116 valence electrons. The second-order valence-electron chi connectivity index (χ2n) is 5.14. The number of carbonyl (C=O) groups is 1. The molecule has 23 heavy (non-hydrogen) atoms. The number of rotatable bonds is 3. The molecule has 0 fully saturated rings. The summed E-state index contributed by atoms with van der Waals surface area (Å²) in [6.45, 7) is 1.96. The van der Waals surface area contributed by atoms with Crippen molar-refractivity contribution in [2.24, 2.45) is 0 Å². The molecule has 0 unspecified atom stereocenters. The Hall–Kier alpha value is -2.67. The Labute approximate surface area is 136 Å². The van der Waals surface area contributed by atoms with E-state index < -0.39 is 6.10 Å². The Morgan fingerprint density at radius 2 is 2.13 bits per heavy atom. The summed E-state index contributed by atoms with van der Waals surface area (Å²) in [6, 6.07) is 11.3. The van der Waals surface area contributed by atoms with Gasteiger partial charge in [-0.2, -0.15) is 4.98 Å². The molecule has 0 radical (unpaired) electrons. The number of thiophene rings is 1. The monoisotopic (exact) mass is 327 g/mol. The molecule has 1 aliphatic heterocycles. The first-order chi connectivity index (χ1) is 11.2. The Kier molecular flexibility index (Phi) is 3.34. The lowest BCUT2D eigenvalue weighted by Gasteiger charge is -2.31. The number of hydrogen-bond acceptors (Lipinski definition) is 6. The molecule has 0 saturated heterocycles. The number of fused-ring (bicyclic) bond motifs is 1. The number of hydrogen-bond donors (Lipinski definition) is 0. The maximum Gasteiger partial charge on any atom is 0.268 e. The summed E-state index contributed by atoms with van der Waals surface area (Å²) >= 11 is 1.54. The maximum atomic E-state index is 12.4. The predicted molar refractivity (Wildman–Crippen MR) is 85.3 cm³/mol. The van der Waals surface area contributed by atoms with Crippen LogP contribution in [0.2, 0.25) is 0 Å². The van der Waals surface area contributed by atoms with Crippen LogP contribution in [0, 0.1) is 0 Å². The van der Waals surface area contributed by atoms with Gasteiger partial charge in [0.1, 0.15) is 12.3 Å². The van der Waals surface area contributed by atoms with E-state index in [1.165, 1.54) is 11.3 Å². The van der Waals surface area contributed by atoms with Gasteiger partial charge in [0.05, 0.1) is 10.6 Å². The quantitative estimate of drug-likeness (QED) is 0.739. The van der Waals surface area contributed by atoms with Gasteiger partial charge in [-0.25, -0.2) is 0 Å². The molecule has 0 bridgehead atoms.